The van der Waals surface area contributed by atoms with Crippen molar-refractivity contribution in [1.82, 2.24) is 0 Å². The van der Waals surface area contributed by atoms with Crippen molar-refractivity contribution in [3.8, 4) is 0 Å². The van der Waals surface area contributed by atoms with E-state index >= 15 is 0 Å². The summed E-state index contributed by atoms with van der Waals surface area (Å²) >= 11 is 0. The summed E-state index contributed by atoms with van der Waals surface area (Å²) in [6, 6.07) is 22.7. The average Bonchev–Trinajstić information content (AvgIpc) is 3.25. The maximum atomic E-state index is 2.51. The second-order valence-electron chi connectivity index (χ2n) is 8.13. The number of fused-ring (bicyclic) bond motifs is 3. The normalized spacial score (nSPS) is 35.2. The predicted octanol–water partition coefficient (Wildman–Crippen LogP) is 4.39. The molecule has 2 saturated carbocycles. The van der Waals surface area contributed by atoms with Gasteiger partial charge in [0, 0.05) is 0 Å². The number of hydrogen-bond acceptors (Lipinski definition) is 0. The van der Waals surface area contributed by atoms with Gasteiger partial charge in [-0.2, -0.15) is 0 Å². The van der Waals surface area contributed by atoms with E-state index in [1.165, 1.54) is 44.6 Å². The summed E-state index contributed by atoms with van der Waals surface area (Å²) < 4.78 is 0. The second-order valence-corrected chi connectivity index (χ2v) is 12.4. The Bertz CT molecular complexity index is 707. The lowest BCUT2D eigenvalue weighted by atomic mass is 10.00. The Balaban J connectivity index is 1.72. The number of hydrogen-bond donors (Lipinski definition) is 0. The van der Waals surface area contributed by atoms with Gasteiger partial charge in [0.1, 0.15) is 8.07 Å². The molecule has 2 aromatic carbocycles. The van der Waals surface area contributed by atoms with Gasteiger partial charge in [-0.15, -0.1) is 0 Å². The van der Waals surface area contributed by atoms with Crippen LogP contribution in [0.25, 0.3) is 0 Å². The lowest BCUT2D eigenvalue weighted by molar-refractivity contribution is 0.469. The molecule has 0 aromatic heterocycles. The van der Waals surface area contributed by atoms with Gasteiger partial charge in [-0.1, -0.05) is 84.2 Å². The first-order valence-corrected chi connectivity index (χ1v) is 11.8. The summed E-state index contributed by atoms with van der Waals surface area (Å²) in [7, 11) is -1.60. The van der Waals surface area contributed by atoms with Gasteiger partial charge in [0.2, 0.25) is 0 Å². The van der Waals surface area contributed by atoms with Crippen LogP contribution in [0.4, 0.5) is 0 Å². The van der Waals surface area contributed by atoms with E-state index in [0.717, 1.165) is 17.4 Å². The minimum atomic E-state index is -1.60. The first-order valence-electron chi connectivity index (χ1n) is 9.52. The quantitative estimate of drug-likeness (QED) is 0.721. The summed E-state index contributed by atoms with van der Waals surface area (Å²) in [6.07, 6.45) is 8.81. The van der Waals surface area contributed by atoms with Crippen LogP contribution in [-0.2, 0) is 6.42 Å². The maximum Gasteiger partial charge on any atom is 0.121 e. The summed E-state index contributed by atoms with van der Waals surface area (Å²) in [4.78, 5) is 0. The Morgan fingerprint density at radius 3 is 2.43 bits per heavy atom. The Labute approximate surface area is 141 Å². The zero-order valence-electron chi connectivity index (χ0n) is 13.9. The third kappa shape index (κ3) is 2.02. The average molecular weight is 319 g/mol. The Morgan fingerprint density at radius 1 is 0.826 bits per heavy atom. The number of benzene rings is 2. The van der Waals surface area contributed by atoms with Crippen LogP contribution in [0.5, 0.6) is 0 Å². The SMILES string of the molecule is c1ccc([Si]2(C3CC4CCC3C4)CCCc3ccccc32)cc1. The molecule has 0 radical (unpaired) electrons. The van der Waals surface area contributed by atoms with Gasteiger partial charge >= 0.3 is 0 Å². The molecule has 0 spiro atoms. The molecule has 1 heteroatoms. The van der Waals surface area contributed by atoms with Gasteiger partial charge in [-0.25, -0.2) is 0 Å². The highest BCUT2D eigenvalue weighted by molar-refractivity contribution is 7.03. The van der Waals surface area contributed by atoms with Gasteiger partial charge in [-0.3, -0.25) is 0 Å². The summed E-state index contributed by atoms with van der Waals surface area (Å²) in [5.41, 5.74) is 2.68. The van der Waals surface area contributed by atoms with Crippen molar-refractivity contribution >= 4 is 18.4 Å². The van der Waals surface area contributed by atoms with Crippen LogP contribution in [0.2, 0.25) is 11.6 Å². The van der Waals surface area contributed by atoms with Crippen molar-refractivity contribution in [2.24, 2.45) is 11.8 Å². The molecule has 0 saturated heterocycles. The molecule has 2 fully saturated rings. The van der Waals surface area contributed by atoms with E-state index < -0.39 is 8.07 Å². The highest BCUT2D eigenvalue weighted by Gasteiger charge is 2.54. The standard InChI is InChI=1S/C22H26Si/c1-2-9-20(10-3-1)23(22-16-17-12-13-19(22)15-17)14-6-8-18-7-4-5-11-21(18)23/h1-5,7,9-11,17,19,22H,6,8,12-16H2. The smallest absolute Gasteiger partial charge is 0.0626 e. The van der Waals surface area contributed by atoms with Crippen LogP contribution in [0.3, 0.4) is 0 Å². The molecule has 23 heavy (non-hydrogen) atoms. The van der Waals surface area contributed by atoms with Gasteiger partial charge < -0.3 is 0 Å². The Kier molecular flexibility index (Phi) is 3.26. The van der Waals surface area contributed by atoms with Crippen LogP contribution in [0, 0.1) is 11.8 Å². The Morgan fingerprint density at radius 2 is 1.65 bits per heavy atom. The zero-order chi connectivity index (χ0) is 15.3. The molecule has 1 heterocycles. The van der Waals surface area contributed by atoms with E-state index in [9.17, 15) is 0 Å². The van der Waals surface area contributed by atoms with Crippen molar-refractivity contribution in [1.29, 1.82) is 0 Å². The van der Waals surface area contributed by atoms with E-state index in [4.69, 9.17) is 0 Å². The molecule has 3 aliphatic rings. The molecular formula is C22H26Si. The van der Waals surface area contributed by atoms with Crippen molar-refractivity contribution in [3.63, 3.8) is 0 Å². The first-order chi connectivity index (χ1) is 11.4. The minimum absolute atomic E-state index is 1.00. The van der Waals surface area contributed by atoms with Crippen molar-refractivity contribution in [2.45, 2.75) is 50.1 Å². The van der Waals surface area contributed by atoms with Crippen LogP contribution < -0.4 is 10.4 Å². The lowest BCUT2D eigenvalue weighted by Gasteiger charge is -2.45. The molecule has 4 unspecified atom stereocenters. The summed E-state index contributed by atoms with van der Waals surface area (Å²) in [5.74, 6) is 2.07. The minimum Gasteiger partial charge on any atom is -0.0626 e. The lowest BCUT2D eigenvalue weighted by Crippen LogP contribution is -2.64. The molecule has 0 nitrogen and oxygen atoms in total. The van der Waals surface area contributed by atoms with Crippen LogP contribution in [-0.4, -0.2) is 8.07 Å². The fourth-order valence-electron chi connectivity index (χ4n) is 6.35. The van der Waals surface area contributed by atoms with E-state index in [1.807, 2.05) is 0 Å². The third-order valence-electron chi connectivity index (χ3n) is 7.18. The van der Waals surface area contributed by atoms with E-state index in [1.54, 1.807) is 15.9 Å². The van der Waals surface area contributed by atoms with Crippen molar-refractivity contribution in [2.75, 3.05) is 0 Å². The van der Waals surface area contributed by atoms with Gasteiger partial charge in [0.15, 0.2) is 0 Å². The Hall–Kier alpha value is -1.34. The molecular weight excluding hydrogens is 292 g/mol. The summed E-state index contributed by atoms with van der Waals surface area (Å²) in [5, 5.41) is 3.53. The van der Waals surface area contributed by atoms with Gasteiger partial charge in [0.05, 0.1) is 0 Å². The predicted molar refractivity (Wildman–Crippen MR) is 100 cm³/mol. The molecule has 2 aliphatic carbocycles. The molecule has 4 atom stereocenters. The third-order valence-corrected chi connectivity index (χ3v) is 13.1. The first kappa shape index (κ1) is 14.0. The fourth-order valence-corrected chi connectivity index (χ4v) is 13.0. The fraction of sp³-hybridized carbons (Fsp3) is 0.455. The zero-order valence-corrected chi connectivity index (χ0v) is 14.9. The monoisotopic (exact) mass is 318 g/mol. The molecule has 0 amide bonds. The number of aryl methyl sites for hydroxylation is 1. The van der Waals surface area contributed by atoms with E-state index in [-0.39, 0.29) is 0 Å². The molecule has 5 rings (SSSR count). The van der Waals surface area contributed by atoms with E-state index in [2.05, 4.69) is 54.6 Å². The molecule has 118 valence electrons. The van der Waals surface area contributed by atoms with Crippen molar-refractivity contribution < 1.29 is 0 Å². The number of rotatable bonds is 2. The van der Waals surface area contributed by atoms with Crippen LogP contribution in [0.1, 0.15) is 37.7 Å². The highest BCUT2D eigenvalue weighted by atomic mass is 28.3. The second kappa shape index (κ2) is 5.34. The molecule has 1 aliphatic heterocycles. The van der Waals surface area contributed by atoms with Gasteiger partial charge in [0.25, 0.3) is 0 Å². The van der Waals surface area contributed by atoms with Crippen LogP contribution >= 0.6 is 0 Å². The molecule has 2 aromatic rings. The topological polar surface area (TPSA) is 0 Å². The van der Waals surface area contributed by atoms with E-state index in [0.29, 0.717) is 0 Å². The van der Waals surface area contributed by atoms with Crippen LogP contribution in [0.15, 0.2) is 54.6 Å². The van der Waals surface area contributed by atoms with Gasteiger partial charge in [-0.05, 0) is 48.2 Å². The summed E-state index contributed by atoms with van der Waals surface area (Å²) in [6.45, 7) is 0. The maximum absolute atomic E-state index is 2.51. The highest BCUT2D eigenvalue weighted by Crippen LogP contribution is 2.56. The molecule has 0 N–H and O–H groups in total. The van der Waals surface area contributed by atoms with Crippen molar-refractivity contribution in [3.05, 3.63) is 60.2 Å². The largest absolute Gasteiger partial charge is 0.121 e. The molecule has 2 bridgehead atoms.